The molecular weight excluding hydrogens is 432 g/mol. The Hall–Kier alpha value is -0.960. The minimum absolute atomic E-state index is 0.780. The number of hydrogen-bond donors (Lipinski definition) is 7. The van der Waals surface area contributed by atoms with Crippen molar-refractivity contribution in [1.29, 1.82) is 0 Å². The third-order valence-corrected chi connectivity index (χ3v) is 5.53. The smallest absolute Gasteiger partial charge is 0.479 e. The van der Waals surface area contributed by atoms with E-state index < -0.39 is 70.9 Å². The number of aliphatic hydroxyl groups excluding tert-OH is 2. The molecule has 1 amide bonds. The summed E-state index contributed by atoms with van der Waals surface area (Å²) in [5.74, 6) is -2.23. The van der Waals surface area contributed by atoms with Gasteiger partial charge in [0.25, 0.3) is 0 Å². The Labute approximate surface area is 158 Å². The SMILES string of the molecule is CC(=O)N[C@H]1C(OP(=O)(O)OP(=O)(O)O)O[C@H](CO)[C@@H](O)[C@@H]1O[C@H](C)C(=O)O. The molecule has 0 aromatic rings. The van der Waals surface area contributed by atoms with E-state index in [2.05, 4.69) is 14.2 Å². The van der Waals surface area contributed by atoms with Crippen LogP contribution in [0.4, 0.5) is 0 Å². The molecule has 164 valence electrons. The third-order valence-electron chi connectivity index (χ3n) is 3.38. The van der Waals surface area contributed by atoms with Gasteiger partial charge in [-0.15, -0.1) is 0 Å². The van der Waals surface area contributed by atoms with Crippen molar-refractivity contribution in [3.8, 4) is 0 Å². The minimum Gasteiger partial charge on any atom is -0.479 e. The van der Waals surface area contributed by atoms with E-state index in [0.717, 1.165) is 13.8 Å². The van der Waals surface area contributed by atoms with Gasteiger partial charge in [0.15, 0.2) is 12.4 Å². The summed E-state index contributed by atoms with van der Waals surface area (Å²) in [6.45, 7) is 1.21. The molecule has 1 heterocycles. The summed E-state index contributed by atoms with van der Waals surface area (Å²) in [6.07, 6.45) is -8.43. The highest BCUT2D eigenvalue weighted by atomic mass is 31.3. The van der Waals surface area contributed by atoms with Gasteiger partial charge < -0.3 is 44.8 Å². The van der Waals surface area contributed by atoms with Gasteiger partial charge in [-0.25, -0.2) is 13.9 Å². The number of aliphatic carboxylic acids is 1. The predicted molar refractivity (Wildman–Crippen MR) is 85.4 cm³/mol. The van der Waals surface area contributed by atoms with E-state index in [-0.39, 0.29) is 0 Å². The molecule has 15 nitrogen and oxygen atoms in total. The predicted octanol–water partition coefficient (Wildman–Crippen LogP) is -2.35. The van der Waals surface area contributed by atoms with Crippen molar-refractivity contribution < 1.29 is 67.0 Å². The molecule has 1 saturated heterocycles. The van der Waals surface area contributed by atoms with Crippen LogP contribution in [0.1, 0.15) is 13.8 Å². The summed E-state index contributed by atoms with van der Waals surface area (Å²) in [6, 6.07) is -1.63. The van der Waals surface area contributed by atoms with Crippen LogP contribution in [0.15, 0.2) is 0 Å². The first kappa shape index (κ1) is 25.1. The quantitative estimate of drug-likeness (QED) is 0.181. The van der Waals surface area contributed by atoms with Crippen LogP contribution in [0.2, 0.25) is 0 Å². The molecule has 2 unspecified atom stereocenters. The number of hydrogen-bond acceptors (Lipinski definition) is 10. The van der Waals surface area contributed by atoms with E-state index >= 15 is 0 Å². The molecule has 0 saturated carbocycles. The van der Waals surface area contributed by atoms with E-state index in [1.54, 1.807) is 0 Å². The number of phosphoric ester groups is 1. The van der Waals surface area contributed by atoms with Crippen molar-refractivity contribution in [3.05, 3.63) is 0 Å². The van der Waals surface area contributed by atoms with Gasteiger partial charge >= 0.3 is 21.6 Å². The second kappa shape index (κ2) is 9.69. The monoisotopic (exact) mass is 453 g/mol. The van der Waals surface area contributed by atoms with Crippen molar-refractivity contribution in [3.63, 3.8) is 0 Å². The molecule has 1 fully saturated rings. The summed E-state index contributed by atoms with van der Waals surface area (Å²) in [7, 11) is -11.0. The molecule has 0 bridgehead atoms. The van der Waals surface area contributed by atoms with Gasteiger partial charge in [0.2, 0.25) is 5.91 Å². The topological polar surface area (TPSA) is 239 Å². The van der Waals surface area contributed by atoms with Crippen LogP contribution < -0.4 is 5.32 Å². The molecular formula is C11H21NO14P2. The van der Waals surface area contributed by atoms with Gasteiger partial charge in [-0.05, 0) is 6.92 Å². The summed E-state index contributed by atoms with van der Waals surface area (Å²) >= 11 is 0. The highest BCUT2D eigenvalue weighted by molar-refractivity contribution is 7.60. The first-order chi connectivity index (χ1) is 12.7. The molecule has 28 heavy (non-hydrogen) atoms. The first-order valence-electron chi connectivity index (χ1n) is 7.54. The number of carboxylic acid groups (broad SMARTS) is 1. The average Bonchev–Trinajstić information content (AvgIpc) is 2.49. The van der Waals surface area contributed by atoms with E-state index in [0.29, 0.717) is 0 Å². The van der Waals surface area contributed by atoms with Crippen LogP contribution in [-0.4, -0.2) is 85.2 Å². The normalized spacial score (nSPS) is 31.6. The standard InChI is InChI=1S/C11H21NO14P2/c1-4(10(16)17)23-9-7(12-5(2)14)11(24-6(3-13)8(9)15)25-28(21,22)26-27(18,19)20/h4,6-9,11,13,15H,3H2,1-2H3,(H,12,14)(H,16,17)(H,21,22)(H2,18,19,20)/t4-,6-,7-,8-,9-,11?/m1/s1. The highest BCUT2D eigenvalue weighted by Gasteiger charge is 2.51. The van der Waals surface area contributed by atoms with Crippen LogP contribution in [0.5, 0.6) is 0 Å². The van der Waals surface area contributed by atoms with E-state index in [1.807, 2.05) is 0 Å². The molecule has 0 aromatic carbocycles. The summed E-state index contributed by atoms with van der Waals surface area (Å²) in [5.41, 5.74) is 0. The highest BCUT2D eigenvalue weighted by Crippen LogP contribution is 2.58. The molecule has 0 aliphatic carbocycles. The van der Waals surface area contributed by atoms with Crippen molar-refractivity contribution in [2.75, 3.05) is 6.61 Å². The van der Waals surface area contributed by atoms with Crippen LogP contribution in [0, 0.1) is 0 Å². The maximum absolute atomic E-state index is 11.8. The zero-order valence-electron chi connectivity index (χ0n) is 14.5. The second-order valence-corrected chi connectivity index (χ2v) is 8.45. The largest absolute Gasteiger partial charge is 0.483 e. The van der Waals surface area contributed by atoms with Crippen molar-refractivity contribution in [2.24, 2.45) is 0 Å². The Balaban J connectivity index is 3.22. The maximum Gasteiger partial charge on any atom is 0.483 e. The molecule has 17 heteroatoms. The van der Waals surface area contributed by atoms with Crippen molar-refractivity contribution in [2.45, 2.75) is 50.6 Å². The van der Waals surface area contributed by atoms with E-state index in [1.165, 1.54) is 0 Å². The van der Waals surface area contributed by atoms with Crippen LogP contribution >= 0.6 is 15.6 Å². The average molecular weight is 453 g/mol. The Morgan fingerprint density at radius 1 is 1.25 bits per heavy atom. The fourth-order valence-corrected chi connectivity index (χ4v) is 3.96. The van der Waals surface area contributed by atoms with Gasteiger partial charge in [-0.2, -0.15) is 4.31 Å². The molecule has 0 spiro atoms. The lowest BCUT2D eigenvalue weighted by molar-refractivity contribution is -0.262. The lowest BCUT2D eigenvalue weighted by Gasteiger charge is -2.44. The number of rotatable bonds is 9. The number of phosphoric acid groups is 2. The molecule has 7 N–H and O–H groups in total. The Morgan fingerprint density at radius 3 is 2.25 bits per heavy atom. The lowest BCUT2D eigenvalue weighted by atomic mass is 9.96. The number of carboxylic acids is 1. The zero-order chi connectivity index (χ0) is 21.9. The third kappa shape index (κ3) is 7.46. The lowest BCUT2D eigenvalue weighted by Crippen LogP contribution is -2.65. The van der Waals surface area contributed by atoms with Gasteiger partial charge in [0.05, 0.1) is 6.61 Å². The number of carbonyl (C=O) groups excluding carboxylic acids is 1. The van der Waals surface area contributed by atoms with Crippen LogP contribution in [0.3, 0.4) is 0 Å². The molecule has 0 radical (unpaired) electrons. The van der Waals surface area contributed by atoms with Crippen LogP contribution in [-0.2, 0) is 37.0 Å². The molecule has 1 aliphatic rings. The maximum atomic E-state index is 11.8. The van der Waals surface area contributed by atoms with Gasteiger partial charge in [-0.1, -0.05) is 0 Å². The zero-order valence-corrected chi connectivity index (χ0v) is 16.3. The fourth-order valence-electron chi connectivity index (χ4n) is 2.29. The van der Waals surface area contributed by atoms with Gasteiger partial charge in [0, 0.05) is 6.92 Å². The number of ether oxygens (including phenoxy) is 2. The molecule has 1 aliphatic heterocycles. The fraction of sp³-hybridized carbons (Fsp3) is 0.818. The van der Waals surface area contributed by atoms with E-state index in [4.69, 9.17) is 24.4 Å². The van der Waals surface area contributed by atoms with E-state index in [9.17, 15) is 33.8 Å². The van der Waals surface area contributed by atoms with Crippen LogP contribution in [0.25, 0.3) is 0 Å². The molecule has 0 aromatic heterocycles. The van der Waals surface area contributed by atoms with Crippen molar-refractivity contribution >= 4 is 27.5 Å². The van der Waals surface area contributed by atoms with Gasteiger partial charge in [0.1, 0.15) is 24.4 Å². The Morgan fingerprint density at radius 2 is 1.82 bits per heavy atom. The number of nitrogens with one attached hydrogen (secondary N) is 1. The number of carbonyl (C=O) groups is 2. The number of amides is 1. The number of aliphatic hydroxyl groups is 2. The summed E-state index contributed by atoms with van der Waals surface area (Å²) in [4.78, 5) is 49.3. The Kier molecular flexibility index (Phi) is 8.68. The summed E-state index contributed by atoms with van der Waals surface area (Å²) < 4.78 is 41.0. The van der Waals surface area contributed by atoms with Crippen molar-refractivity contribution in [1.82, 2.24) is 5.32 Å². The molecule has 1 rings (SSSR count). The minimum atomic E-state index is -5.48. The first-order valence-corrected chi connectivity index (χ1v) is 10.6. The van der Waals surface area contributed by atoms with Gasteiger partial charge in [-0.3, -0.25) is 9.32 Å². The summed E-state index contributed by atoms with van der Waals surface area (Å²) in [5, 5.41) is 30.7. The Bertz CT molecular complexity index is 666. The second-order valence-electron chi connectivity index (χ2n) is 5.67. The molecule has 7 atom stereocenters.